The van der Waals surface area contributed by atoms with E-state index in [4.69, 9.17) is 10.5 Å². The second kappa shape index (κ2) is 6.02. The number of amides is 1. The summed E-state index contributed by atoms with van der Waals surface area (Å²) in [5.74, 6) is -0.0865. The Morgan fingerprint density at radius 2 is 2.14 bits per heavy atom. The lowest BCUT2D eigenvalue weighted by molar-refractivity contribution is 0.0287. The molecule has 1 aromatic rings. The first-order valence-corrected chi connectivity index (χ1v) is 7.23. The van der Waals surface area contributed by atoms with E-state index < -0.39 is 5.60 Å². The highest BCUT2D eigenvalue weighted by atomic mass is 19.1. The number of nitrogens with zero attached hydrogens (tertiary/aromatic N) is 1. The molecule has 0 aliphatic carbocycles. The van der Waals surface area contributed by atoms with Crippen LogP contribution in [0.4, 0.5) is 9.18 Å². The Morgan fingerprint density at radius 1 is 1.43 bits per heavy atom. The highest BCUT2D eigenvalue weighted by Crippen LogP contribution is 2.33. The van der Waals surface area contributed by atoms with Gasteiger partial charge in [0.05, 0.1) is 0 Å². The summed E-state index contributed by atoms with van der Waals surface area (Å²) >= 11 is 0. The number of nitrogens with two attached hydrogens (primary N) is 1. The van der Waals surface area contributed by atoms with Gasteiger partial charge in [-0.2, -0.15) is 0 Å². The molecule has 0 radical (unpaired) electrons. The Kier molecular flexibility index (Phi) is 4.52. The molecule has 1 amide bonds. The molecule has 1 aromatic carbocycles. The minimum atomic E-state index is -0.522. The summed E-state index contributed by atoms with van der Waals surface area (Å²) in [5.41, 5.74) is 6.18. The van der Waals surface area contributed by atoms with Gasteiger partial charge in [-0.3, -0.25) is 0 Å². The van der Waals surface area contributed by atoms with Crippen molar-refractivity contribution in [2.24, 2.45) is 11.7 Å². The quantitative estimate of drug-likeness (QED) is 0.912. The number of benzene rings is 1. The molecule has 1 aliphatic heterocycles. The normalized spacial score (nSPS) is 22.4. The fourth-order valence-corrected chi connectivity index (χ4v) is 2.70. The van der Waals surface area contributed by atoms with Crippen LogP contribution in [0, 0.1) is 11.7 Å². The number of likely N-dealkylation sites (tertiary alicyclic amines) is 1. The van der Waals surface area contributed by atoms with Crippen LogP contribution in [0.1, 0.15) is 32.3 Å². The van der Waals surface area contributed by atoms with Gasteiger partial charge in [0.15, 0.2) is 0 Å². The zero-order valence-corrected chi connectivity index (χ0v) is 12.8. The monoisotopic (exact) mass is 294 g/mol. The standard InChI is InChI=1S/C16H23FN2O2/c1-16(2,3)21-15(20)19-9-12(8-18)14(10-19)11-5-4-6-13(17)7-11/h4-7,12,14H,8-10,18H2,1-3H3. The van der Waals surface area contributed by atoms with E-state index in [0.29, 0.717) is 19.6 Å². The Hall–Kier alpha value is -1.62. The number of carbonyl (C=O) groups excluding carboxylic acids is 1. The average molecular weight is 294 g/mol. The molecule has 4 nitrogen and oxygen atoms in total. The van der Waals surface area contributed by atoms with E-state index in [1.807, 2.05) is 26.8 Å². The van der Waals surface area contributed by atoms with Crippen molar-refractivity contribution in [2.45, 2.75) is 32.3 Å². The van der Waals surface area contributed by atoms with Crippen molar-refractivity contribution < 1.29 is 13.9 Å². The van der Waals surface area contributed by atoms with E-state index >= 15 is 0 Å². The van der Waals surface area contributed by atoms with Gasteiger partial charge in [-0.1, -0.05) is 12.1 Å². The van der Waals surface area contributed by atoms with E-state index in [1.165, 1.54) is 12.1 Å². The summed E-state index contributed by atoms with van der Waals surface area (Å²) in [4.78, 5) is 13.8. The third kappa shape index (κ3) is 3.94. The first-order valence-electron chi connectivity index (χ1n) is 7.23. The molecule has 2 atom stereocenters. The number of rotatable bonds is 2. The second-order valence-corrected chi connectivity index (χ2v) is 6.54. The molecule has 0 aromatic heterocycles. The fraction of sp³-hybridized carbons (Fsp3) is 0.562. The summed E-state index contributed by atoms with van der Waals surface area (Å²) in [6.07, 6.45) is -0.333. The van der Waals surface area contributed by atoms with Crippen molar-refractivity contribution in [3.8, 4) is 0 Å². The van der Waals surface area contributed by atoms with Gasteiger partial charge in [-0.15, -0.1) is 0 Å². The summed E-state index contributed by atoms with van der Waals surface area (Å²) in [5, 5.41) is 0. The van der Waals surface area contributed by atoms with Crippen LogP contribution >= 0.6 is 0 Å². The fourth-order valence-electron chi connectivity index (χ4n) is 2.70. The Morgan fingerprint density at radius 3 is 2.71 bits per heavy atom. The molecule has 0 saturated carbocycles. The molecule has 1 aliphatic rings. The van der Waals surface area contributed by atoms with Crippen LogP contribution in [-0.4, -0.2) is 36.2 Å². The molecule has 2 N–H and O–H groups in total. The van der Waals surface area contributed by atoms with Crippen molar-refractivity contribution in [1.82, 2.24) is 4.90 Å². The van der Waals surface area contributed by atoms with Crippen LogP contribution in [0.25, 0.3) is 0 Å². The van der Waals surface area contributed by atoms with Crippen LogP contribution in [0.3, 0.4) is 0 Å². The summed E-state index contributed by atoms with van der Waals surface area (Å²) in [6.45, 7) is 7.04. The highest BCUT2D eigenvalue weighted by Gasteiger charge is 2.37. The zero-order chi connectivity index (χ0) is 15.6. The largest absolute Gasteiger partial charge is 0.444 e. The van der Waals surface area contributed by atoms with E-state index in [2.05, 4.69) is 0 Å². The van der Waals surface area contributed by atoms with Gasteiger partial charge in [-0.25, -0.2) is 9.18 Å². The van der Waals surface area contributed by atoms with Crippen LogP contribution in [0.15, 0.2) is 24.3 Å². The molecule has 21 heavy (non-hydrogen) atoms. The Labute approximate surface area is 125 Å². The molecular weight excluding hydrogens is 271 g/mol. The zero-order valence-electron chi connectivity index (χ0n) is 12.8. The topological polar surface area (TPSA) is 55.6 Å². The summed E-state index contributed by atoms with van der Waals surface area (Å²) in [7, 11) is 0. The van der Waals surface area contributed by atoms with Crippen molar-refractivity contribution in [3.05, 3.63) is 35.6 Å². The lowest BCUT2D eigenvalue weighted by Gasteiger charge is -2.24. The Bertz CT molecular complexity index is 513. The molecule has 1 saturated heterocycles. The molecule has 2 rings (SSSR count). The highest BCUT2D eigenvalue weighted by molar-refractivity contribution is 5.68. The molecule has 2 unspecified atom stereocenters. The Balaban J connectivity index is 2.12. The second-order valence-electron chi connectivity index (χ2n) is 6.54. The van der Waals surface area contributed by atoms with E-state index in [-0.39, 0.29) is 23.7 Å². The minimum Gasteiger partial charge on any atom is -0.444 e. The van der Waals surface area contributed by atoms with E-state index in [1.54, 1.807) is 11.0 Å². The molecule has 1 heterocycles. The molecular formula is C16H23FN2O2. The van der Waals surface area contributed by atoms with Gasteiger partial charge in [0.2, 0.25) is 0 Å². The van der Waals surface area contributed by atoms with Crippen LogP contribution in [0.5, 0.6) is 0 Å². The third-order valence-corrected chi connectivity index (χ3v) is 3.67. The lowest BCUT2D eigenvalue weighted by atomic mass is 9.89. The van der Waals surface area contributed by atoms with Crippen molar-refractivity contribution in [2.75, 3.05) is 19.6 Å². The third-order valence-electron chi connectivity index (χ3n) is 3.67. The first-order chi connectivity index (χ1) is 9.80. The maximum Gasteiger partial charge on any atom is 0.410 e. The molecule has 0 spiro atoms. The number of hydrogen-bond donors (Lipinski definition) is 1. The number of ether oxygens (including phenoxy) is 1. The smallest absolute Gasteiger partial charge is 0.410 e. The predicted molar refractivity (Wildman–Crippen MR) is 79.5 cm³/mol. The van der Waals surface area contributed by atoms with Gasteiger partial charge in [0.1, 0.15) is 11.4 Å². The van der Waals surface area contributed by atoms with Crippen molar-refractivity contribution in [3.63, 3.8) is 0 Å². The molecule has 5 heteroatoms. The maximum absolute atomic E-state index is 13.4. The van der Waals surface area contributed by atoms with Crippen LogP contribution in [0.2, 0.25) is 0 Å². The van der Waals surface area contributed by atoms with Crippen molar-refractivity contribution in [1.29, 1.82) is 0 Å². The minimum absolute atomic E-state index is 0.0539. The SMILES string of the molecule is CC(C)(C)OC(=O)N1CC(CN)C(c2cccc(F)c2)C1. The molecule has 116 valence electrons. The van der Waals surface area contributed by atoms with Gasteiger partial charge in [0, 0.05) is 19.0 Å². The van der Waals surface area contributed by atoms with Crippen LogP contribution in [-0.2, 0) is 4.74 Å². The maximum atomic E-state index is 13.4. The lowest BCUT2D eigenvalue weighted by Crippen LogP contribution is -2.35. The molecule has 0 bridgehead atoms. The summed E-state index contributed by atoms with van der Waals surface area (Å²) in [6, 6.07) is 6.51. The van der Waals surface area contributed by atoms with Gasteiger partial charge in [-0.05, 0) is 50.9 Å². The number of hydrogen-bond acceptors (Lipinski definition) is 3. The van der Waals surface area contributed by atoms with Crippen molar-refractivity contribution >= 4 is 6.09 Å². The predicted octanol–water partition coefficient (Wildman–Crippen LogP) is 2.73. The van der Waals surface area contributed by atoms with E-state index in [9.17, 15) is 9.18 Å². The van der Waals surface area contributed by atoms with E-state index in [0.717, 1.165) is 5.56 Å². The summed E-state index contributed by atoms with van der Waals surface area (Å²) < 4.78 is 18.8. The number of halogens is 1. The number of carbonyl (C=O) groups is 1. The first kappa shape index (κ1) is 15.8. The van der Waals surface area contributed by atoms with Gasteiger partial charge >= 0.3 is 6.09 Å². The van der Waals surface area contributed by atoms with Gasteiger partial charge in [0.25, 0.3) is 0 Å². The van der Waals surface area contributed by atoms with Gasteiger partial charge < -0.3 is 15.4 Å². The average Bonchev–Trinajstić information content (AvgIpc) is 2.81. The molecule has 1 fully saturated rings. The van der Waals surface area contributed by atoms with Crippen LogP contribution < -0.4 is 5.73 Å².